The number of carbonyl (C=O) groups excluding carboxylic acids is 1. The van der Waals surface area contributed by atoms with E-state index in [-0.39, 0.29) is 18.1 Å². The minimum absolute atomic E-state index is 0.0824. The normalized spacial score (nSPS) is 18.3. The number of carbonyl (C=O) groups is 1. The highest BCUT2D eigenvalue weighted by molar-refractivity contribution is 5.94. The van der Waals surface area contributed by atoms with Gasteiger partial charge in [0.05, 0.1) is 6.10 Å². The molecular weight excluding hydrogens is 288 g/mol. The highest BCUT2D eigenvalue weighted by atomic mass is 16.3. The molecule has 128 valence electrons. The summed E-state index contributed by atoms with van der Waals surface area (Å²) in [5.41, 5.74) is 2.00. The molecule has 4 heteroatoms. The van der Waals surface area contributed by atoms with E-state index >= 15 is 0 Å². The SMILES string of the molecule is CCc1ccc(C(=O)N(C)[C@H](CN2CC(O)C2)[C@@H](C)CC)cc1. The molecule has 1 aromatic rings. The van der Waals surface area contributed by atoms with Crippen molar-refractivity contribution in [1.82, 2.24) is 9.80 Å². The monoisotopic (exact) mass is 318 g/mol. The minimum Gasteiger partial charge on any atom is -0.390 e. The summed E-state index contributed by atoms with van der Waals surface area (Å²) in [6, 6.07) is 8.10. The zero-order valence-corrected chi connectivity index (χ0v) is 14.8. The summed E-state index contributed by atoms with van der Waals surface area (Å²) in [7, 11) is 1.91. The van der Waals surface area contributed by atoms with Crippen molar-refractivity contribution in [3.63, 3.8) is 0 Å². The summed E-state index contributed by atoms with van der Waals surface area (Å²) in [6.45, 7) is 8.76. The Labute approximate surface area is 140 Å². The first kappa shape index (κ1) is 18.0. The van der Waals surface area contributed by atoms with Gasteiger partial charge in [-0.25, -0.2) is 0 Å². The molecule has 1 saturated heterocycles. The van der Waals surface area contributed by atoms with Crippen LogP contribution in [-0.4, -0.2) is 59.6 Å². The van der Waals surface area contributed by atoms with Gasteiger partial charge in [-0.3, -0.25) is 9.69 Å². The predicted octanol–water partition coefficient (Wildman–Crippen LogP) is 2.41. The fourth-order valence-electron chi connectivity index (χ4n) is 3.15. The number of amides is 1. The van der Waals surface area contributed by atoms with Gasteiger partial charge in [-0.1, -0.05) is 39.3 Å². The largest absolute Gasteiger partial charge is 0.390 e. The summed E-state index contributed by atoms with van der Waals surface area (Å²) in [5, 5.41) is 9.48. The Bertz CT molecular complexity index is 509. The first-order valence-electron chi connectivity index (χ1n) is 8.72. The Morgan fingerprint density at radius 3 is 2.39 bits per heavy atom. The predicted molar refractivity (Wildman–Crippen MR) is 93.6 cm³/mol. The molecule has 1 aliphatic rings. The lowest BCUT2D eigenvalue weighted by atomic mass is 9.95. The molecule has 1 heterocycles. The number of nitrogens with zero attached hydrogens (tertiary/aromatic N) is 2. The smallest absolute Gasteiger partial charge is 0.253 e. The number of hydrogen-bond acceptors (Lipinski definition) is 3. The van der Waals surface area contributed by atoms with Gasteiger partial charge in [-0.2, -0.15) is 0 Å². The number of hydrogen-bond donors (Lipinski definition) is 1. The van der Waals surface area contributed by atoms with Crippen molar-refractivity contribution >= 4 is 5.91 Å². The number of rotatable bonds is 7. The number of benzene rings is 1. The number of aryl methyl sites for hydroxylation is 1. The van der Waals surface area contributed by atoms with Crippen LogP contribution in [0.15, 0.2) is 24.3 Å². The minimum atomic E-state index is -0.199. The zero-order valence-electron chi connectivity index (χ0n) is 14.8. The lowest BCUT2D eigenvalue weighted by molar-refractivity contribution is -0.0162. The van der Waals surface area contributed by atoms with Crippen molar-refractivity contribution in [2.45, 2.75) is 45.8 Å². The molecule has 0 unspecified atom stereocenters. The van der Waals surface area contributed by atoms with Gasteiger partial charge in [0.2, 0.25) is 0 Å². The van der Waals surface area contributed by atoms with Crippen LogP contribution in [-0.2, 0) is 6.42 Å². The van der Waals surface area contributed by atoms with Gasteiger partial charge in [-0.15, -0.1) is 0 Å². The van der Waals surface area contributed by atoms with E-state index in [2.05, 4.69) is 25.7 Å². The lowest BCUT2D eigenvalue weighted by Gasteiger charge is -2.42. The number of β-amino-alcohol motifs (C(OH)–C–C–N with tert-alkyl or cyclic N) is 1. The van der Waals surface area contributed by atoms with E-state index in [9.17, 15) is 9.90 Å². The van der Waals surface area contributed by atoms with E-state index in [1.165, 1.54) is 5.56 Å². The standard InChI is InChI=1S/C19H30N2O2/c1-5-14(3)18(13-21-11-17(22)12-21)20(4)19(23)16-9-7-15(6-2)8-10-16/h7-10,14,17-18,22H,5-6,11-13H2,1-4H3/t14-,18+/m0/s1. The van der Waals surface area contributed by atoms with Crippen LogP contribution in [0.1, 0.15) is 43.1 Å². The van der Waals surface area contributed by atoms with Gasteiger partial charge >= 0.3 is 0 Å². The highest BCUT2D eigenvalue weighted by Crippen LogP contribution is 2.20. The van der Waals surface area contributed by atoms with E-state index in [4.69, 9.17) is 0 Å². The van der Waals surface area contributed by atoms with Crippen molar-refractivity contribution in [2.24, 2.45) is 5.92 Å². The van der Waals surface area contributed by atoms with Gasteiger partial charge in [-0.05, 0) is 30.0 Å². The summed E-state index contributed by atoms with van der Waals surface area (Å²) in [4.78, 5) is 16.9. The summed E-state index contributed by atoms with van der Waals surface area (Å²) < 4.78 is 0. The summed E-state index contributed by atoms with van der Waals surface area (Å²) in [6.07, 6.45) is 1.82. The Kier molecular flexibility index (Phi) is 6.19. The number of likely N-dealkylation sites (N-methyl/N-ethyl adjacent to an activating group) is 1. The Morgan fingerprint density at radius 1 is 1.30 bits per heavy atom. The average molecular weight is 318 g/mol. The molecule has 1 N–H and O–H groups in total. The van der Waals surface area contributed by atoms with E-state index in [0.717, 1.165) is 38.0 Å². The third kappa shape index (κ3) is 4.33. The molecular formula is C19H30N2O2. The molecule has 1 amide bonds. The van der Waals surface area contributed by atoms with Crippen molar-refractivity contribution in [3.8, 4) is 0 Å². The molecule has 1 aromatic carbocycles. The third-order valence-corrected chi connectivity index (χ3v) is 5.11. The first-order valence-corrected chi connectivity index (χ1v) is 8.72. The van der Waals surface area contributed by atoms with Crippen LogP contribution in [0.25, 0.3) is 0 Å². The maximum Gasteiger partial charge on any atom is 0.253 e. The molecule has 23 heavy (non-hydrogen) atoms. The zero-order chi connectivity index (χ0) is 17.0. The van der Waals surface area contributed by atoms with Crippen molar-refractivity contribution in [1.29, 1.82) is 0 Å². The van der Waals surface area contributed by atoms with E-state index in [1.54, 1.807) is 0 Å². The quantitative estimate of drug-likeness (QED) is 0.839. The van der Waals surface area contributed by atoms with E-state index in [1.807, 2.05) is 36.2 Å². The molecule has 0 spiro atoms. The van der Waals surface area contributed by atoms with Crippen LogP contribution in [0.5, 0.6) is 0 Å². The number of likely N-dealkylation sites (tertiary alicyclic amines) is 1. The molecule has 1 aliphatic heterocycles. The Morgan fingerprint density at radius 2 is 1.91 bits per heavy atom. The first-order chi connectivity index (χ1) is 11.0. The summed E-state index contributed by atoms with van der Waals surface area (Å²) >= 11 is 0. The Balaban J connectivity index is 2.07. The van der Waals surface area contributed by atoms with Crippen LogP contribution in [0, 0.1) is 5.92 Å². The maximum absolute atomic E-state index is 12.8. The summed E-state index contributed by atoms with van der Waals surface area (Å²) in [5.74, 6) is 0.510. The fourth-order valence-corrected chi connectivity index (χ4v) is 3.15. The lowest BCUT2D eigenvalue weighted by Crippen LogP contribution is -2.57. The van der Waals surface area contributed by atoms with Gasteiger partial charge in [0.1, 0.15) is 0 Å². The molecule has 4 nitrogen and oxygen atoms in total. The van der Waals surface area contributed by atoms with E-state index in [0.29, 0.717) is 5.92 Å². The van der Waals surface area contributed by atoms with E-state index < -0.39 is 0 Å². The number of aliphatic hydroxyl groups is 1. The van der Waals surface area contributed by atoms with Gasteiger partial charge in [0.25, 0.3) is 5.91 Å². The van der Waals surface area contributed by atoms with Crippen molar-refractivity contribution in [3.05, 3.63) is 35.4 Å². The Hall–Kier alpha value is -1.39. The molecule has 2 rings (SSSR count). The van der Waals surface area contributed by atoms with Crippen molar-refractivity contribution in [2.75, 3.05) is 26.7 Å². The molecule has 0 aliphatic carbocycles. The number of aliphatic hydroxyl groups excluding tert-OH is 1. The maximum atomic E-state index is 12.8. The molecule has 0 radical (unpaired) electrons. The fraction of sp³-hybridized carbons (Fsp3) is 0.632. The van der Waals surface area contributed by atoms with Crippen LogP contribution in [0.3, 0.4) is 0 Å². The van der Waals surface area contributed by atoms with Crippen LogP contribution in [0.4, 0.5) is 0 Å². The topological polar surface area (TPSA) is 43.8 Å². The van der Waals surface area contributed by atoms with Crippen LogP contribution < -0.4 is 0 Å². The molecule has 0 bridgehead atoms. The molecule has 2 atom stereocenters. The average Bonchev–Trinajstić information content (AvgIpc) is 2.55. The second-order valence-corrected chi connectivity index (χ2v) is 6.79. The van der Waals surface area contributed by atoms with Gasteiger partial charge in [0.15, 0.2) is 0 Å². The van der Waals surface area contributed by atoms with Crippen LogP contribution in [0.2, 0.25) is 0 Å². The second-order valence-electron chi connectivity index (χ2n) is 6.79. The third-order valence-electron chi connectivity index (χ3n) is 5.11. The van der Waals surface area contributed by atoms with Crippen LogP contribution >= 0.6 is 0 Å². The van der Waals surface area contributed by atoms with Gasteiger partial charge < -0.3 is 10.0 Å². The highest BCUT2D eigenvalue weighted by Gasteiger charge is 2.32. The molecule has 0 aromatic heterocycles. The van der Waals surface area contributed by atoms with Gasteiger partial charge in [0, 0.05) is 38.3 Å². The second kappa shape index (κ2) is 7.93. The molecule has 1 fully saturated rings. The van der Waals surface area contributed by atoms with Crippen molar-refractivity contribution < 1.29 is 9.90 Å². The molecule has 0 saturated carbocycles.